The second-order valence-corrected chi connectivity index (χ2v) is 4.65. The Balaban J connectivity index is 2.48. The van der Waals surface area contributed by atoms with Crippen molar-refractivity contribution in [1.29, 1.82) is 0 Å². The lowest BCUT2D eigenvalue weighted by Crippen LogP contribution is -1.93. The number of hydrogen-bond acceptors (Lipinski definition) is 1. The molecule has 0 amide bonds. The van der Waals surface area contributed by atoms with Crippen molar-refractivity contribution in [1.82, 2.24) is 0 Å². The number of benzene rings is 1. The summed E-state index contributed by atoms with van der Waals surface area (Å²) in [5.74, 6) is 5.89. The molecule has 0 spiro atoms. The highest BCUT2D eigenvalue weighted by Gasteiger charge is 2.02. The Labute approximate surface area is 106 Å². The van der Waals surface area contributed by atoms with Crippen LogP contribution in [0, 0.1) is 11.8 Å². The van der Waals surface area contributed by atoms with E-state index >= 15 is 0 Å². The van der Waals surface area contributed by atoms with E-state index in [4.69, 9.17) is 0 Å². The average Bonchev–Trinajstić information content (AvgIpc) is 2.28. The molecule has 1 aromatic rings. The first-order valence-corrected chi connectivity index (χ1v) is 6.45. The zero-order chi connectivity index (χ0) is 11.8. The first-order valence-electron chi connectivity index (χ1n) is 5.66. The van der Waals surface area contributed by atoms with E-state index in [1.54, 1.807) is 0 Å². The van der Waals surface area contributed by atoms with Gasteiger partial charge in [-0.15, -0.1) is 5.92 Å². The Hall–Kier alpha value is -0.780. The van der Waals surface area contributed by atoms with E-state index in [0.717, 1.165) is 22.9 Å². The molecule has 1 aromatic carbocycles. The highest BCUT2D eigenvalue weighted by molar-refractivity contribution is 9.10. The van der Waals surface area contributed by atoms with Crippen molar-refractivity contribution in [2.24, 2.45) is 0 Å². The third-order valence-corrected chi connectivity index (χ3v) is 2.80. The van der Waals surface area contributed by atoms with E-state index in [-0.39, 0.29) is 0 Å². The minimum Gasteiger partial charge on any atom is -0.376 e. The molecule has 16 heavy (non-hydrogen) atoms. The number of rotatable bonds is 4. The summed E-state index contributed by atoms with van der Waals surface area (Å²) in [6.45, 7) is 2.17. The van der Waals surface area contributed by atoms with Crippen molar-refractivity contribution < 1.29 is 5.11 Å². The van der Waals surface area contributed by atoms with Gasteiger partial charge in [-0.25, -0.2) is 0 Å². The third kappa shape index (κ3) is 4.83. The van der Waals surface area contributed by atoms with Crippen LogP contribution >= 0.6 is 15.9 Å². The van der Waals surface area contributed by atoms with Crippen molar-refractivity contribution in [2.75, 3.05) is 0 Å². The number of hydrogen-bond donors (Lipinski definition) is 1. The lowest BCUT2D eigenvalue weighted by atomic mass is 10.1. The number of aliphatic hydroxyl groups excluding tert-OH is 1. The van der Waals surface area contributed by atoms with Crippen LogP contribution in [-0.2, 0) is 0 Å². The molecular weight excluding hydrogens is 264 g/mol. The van der Waals surface area contributed by atoms with Gasteiger partial charge in [-0.2, -0.15) is 0 Å². The molecule has 2 heteroatoms. The van der Waals surface area contributed by atoms with Gasteiger partial charge in [-0.05, 0) is 24.1 Å². The fraction of sp³-hybridized carbons (Fsp3) is 0.429. The SMILES string of the molecule is CCCCCC#CC(O)c1cccc(Br)c1. The molecule has 0 saturated heterocycles. The Kier molecular flexibility index (Phi) is 6.22. The van der Waals surface area contributed by atoms with E-state index in [1.165, 1.54) is 12.8 Å². The quantitative estimate of drug-likeness (QED) is 0.651. The molecule has 86 valence electrons. The summed E-state index contributed by atoms with van der Waals surface area (Å²) in [6.07, 6.45) is 3.74. The highest BCUT2D eigenvalue weighted by atomic mass is 79.9. The Morgan fingerprint density at radius 1 is 1.38 bits per heavy atom. The van der Waals surface area contributed by atoms with Gasteiger partial charge in [0.2, 0.25) is 0 Å². The lowest BCUT2D eigenvalue weighted by Gasteiger charge is -2.03. The molecule has 1 N–H and O–H groups in total. The normalized spacial score (nSPS) is 11.7. The smallest absolute Gasteiger partial charge is 0.140 e. The van der Waals surface area contributed by atoms with Crippen LogP contribution in [0.5, 0.6) is 0 Å². The molecule has 1 rings (SSSR count). The molecule has 0 saturated carbocycles. The maximum Gasteiger partial charge on any atom is 0.140 e. The largest absolute Gasteiger partial charge is 0.376 e. The van der Waals surface area contributed by atoms with E-state index in [1.807, 2.05) is 24.3 Å². The molecular formula is C14H17BrO. The van der Waals surface area contributed by atoms with Crippen LogP contribution in [-0.4, -0.2) is 5.11 Å². The van der Waals surface area contributed by atoms with Crippen molar-refractivity contribution in [3.63, 3.8) is 0 Å². The summed E-state index contributed by atoms with van der Waals surface area (Å²) < 4.78 is 0.969. The molecule has 0 bridgehead atoms. The monoisotopic (exact) mass is 280 g/mol. The predicted octanol–water partition coefficient (Wildman–Crippen LogP) is 4.07. The number of halogens is 1. The summed E-state index contributed by atoms with van der Waals surface area (Å²) in [6, 6.07) is 7.62. The zero-order valence-electron chi connectivity index (χ0n) is 9.54. The molecule has 1 atom stereocenters. The molecule has 0 heterocycles. The second kappa shape index (κ2) is 7.49. The standard InChI is InChI=1S/C14H17BrO/c1-2-3-4-5-6-10-14(16)12-8-7-9-13(15)11-12/h7-9,11,14,16H,2-5H2,1H3. The highest BCUT2D eigenvalue weighted by Crippen LogP contribution is 2.17. The van der Waals surface area contributed by atoms with Gasteiger partial charge in [0, 0.05) is 10.9 Å². The molecule has 1 nitrogen and oxygen atoms in total. The summed E-state index contributed by atoms with van der Waals surface area (Å²) in [5.41, 5.74) is 0.845. The summed E-state index contributed by atoms with van der Waals surface area (Å²) >= 11 is 3.37. The van der Waals surface area contributed by atoms with Gasteiger partial charge in [0.25, 0.3) is 0 Å². The van der Waals surface area contributed by atoms with Gasteiger partial charge in [0.15, 0.2) is 0 Å². The maximum atomic E-state index is 9.81. The molecule has 0 aliphatic carbocycles. The summed E-state index contributed by atoms with van der Waals surface area (Å²) in [5, 5.41) is 9.81. The Morgan fingerprint density at radius 3 is 2.88 bits per heavy atom. The van der Waals surface area contributed by atoms with Crippen molar-refractivity contribution in [2.45, 2.75) is 38.7 Å². The van der Waals surface area contributed by atoms with Crippen LogP contribution in [0.3, 0.4) is 0 Å². The number of unbranched alkanes of at least 4 members (excludes halogenated alkanes) is 3. The summed E-state index contributed by atoms with van der Waals surface area (Å²) in [7, 11) is 0. The molecule has 0 aliphatic rings. The summed E-state index contributed by atoms with van der Waals surface area (Å²) in [4.78, 5) is 0. The Bertz CT molecular complexity index is 376. The minimum atomic E-state index is -0.667. The molecule has 0 aliphatic heterocycles. The lowest BCUT2D eigenvalue weighted by molar-refractivity contribution is 0.238. The van der Waals surface area contributed by atoms with E-state index in [2.05, 4.69) is 34.7 Å². The zero-order valence-corrected chi connectivity index (χ0v) is 11.1. The van der Waals surface area contributed by atoms with E-state index in [0.29, 0.717) is 0 Å². The fourth-order valence-electron chi connectivity index (χ4n) is 1.39. The van der Waals surface area contributed by atoms with Gasteiger partial charge in [-0.3, -0.25) is 0 Å². The van der Waals surface area contributed by atoms with Crippen LogP contribution < -0.4 is 0 Å². The van der Waals surface area contributed by atoms with Gasteiger partial charge in [0.1, 0.15) is 6.10 Å². The van der Waals surface area contributed by atoms with Gasteiger partial charge in [0.05, 0.1) is 0 Å². The van der Waals surface area contributed by atoms with Crippen LogP contribution in [0.15, 0.2) is 28.7 Å². The van der Waals surface area contributed by atoms with Gasteiger partial charge >= 0.3 is 0 Å². The van der Waals surface area contributed by atoms with E-state index in [9.17, 15) is 5.11 Å². The van der Waals surface area contributed by atoms with Crippen molar-refractivity contribution >= 4 is 15.9 Å². The first-order chi connectivity index (χ1) is 7.74. The molecule has 0 aromatic heterocycles. The van der Waals surface area contributed by atoms with Crippen molar-refractivity contribution in [3.8, 4) is 11.8 Å². The van der Waals surface area contributed by atoms with Crippen LogP contribution in [0.2, 0.25) is 0 Å². The van der Waals surface area contributed by atoms with Crippen LogP contribution in [0.1, 0.15) is 44.3 Å². The van der Waals surface area contributed by atoms with Crippen LogP contribution in [0.4, 0.5) is 0 Å². The third-order valence-electron chi connectivity index (χ3n) is 2.31. The van der Waals surface area contributed by atoms with Crippen LogP contribution in [0.25, 0.3) is 0 Å². The number of aliphatic hydroxyl groups is 1. The molecule has 0 fully saturated rings. The predicted molar refractivity (Wildman–Crippen MR) is 71.0 cm³/mol. The maximum absolute atomic E-state index is 9.81. The second-order valence-electron chi connectivity index (χ2n) is 3.74. The van der Waals surface area contributed by atoms with Crippen molar-refractivity contribution in [3.05, 3.63) is 34.3 Å². The van der Waals surface area contributed by atoms with Gasteiger partial charge < -0.3 is 5.11 Å². The fourth-order valence-corrected chi connectivity index (χ4v) is 1.81. The van der Waals surface area contributed by atoms with E-state index < -0.39 is 6.10 Å². The Morgan fingerprint density at radius 2 is 2.19 bits per heavy atom. The molecule has 1 unspecified atom stereocenters. The van der Waals surface area contributed by atoms with Gasteiger partial charge in [-0.1, -0.05) is 53.7 Å². The average molecular weight is 281 g/mol. The first kappa shape index (κ1) is 13.3. The molecule has 0 radical (unpaired) electrons. The topological polar surface area (TPSA) is 20.2 Å². The minimum absolute atomic E-state index is 0.667.